The summed E-state index contributed by atoms with van der Waals surface area (Å²) in [7, 11) is 0. The van der Waals surface area contributed by atoms with Crippen molar-refractivity contribution in [3.63, 3.8) is 0 Å². The molecule has 14 heavy (non-hydrogen) atoms. The van der Waals surface area contributed by atoms with Crippen molar-refractivity contribution in [1.82, 2.24) is 0 Å². The lowest BCUT2D eigenvalue weighted by atomic mass is 10.1. The minimum Gasteiger partial charge on any atom is -0.299 e. The molecule has 0 atom stereocenters. The van der Waals surface area contributed by atoms with Crippen LogP contribution in [-0.2, 0) is 9.59 Å². The molecule has 0 aromatic carbocycles. The lowest BCUT2D eigenvalue weighted by molar-refractivity contribution is -0.126. The molecule has 0 saturated carbocycles. The predicted octanol–water partition coefficient (Wildman–Crippen LogP) is 3.06. The van der Waals surface area contributed by atoms with Crippen LogP contribution in [0.25, 0.3) is 0 Å². The van der Waals surface area contributed by atoms with Crippen molar-refractivity contribution in [2.75, 3.05) is 0 Å². The van der Waals surface area contributed by atoms with Gasteiger partial charge in [-0.05, 0) is 19.8 Å². The molecule has 2 nitrogen and oxygen atoms in total. The molecular weight excluding hydrogens is 176 g/mol. The van der Waals surface area contributed by atoms with E-state index >= 15 is 0 Å². The lowest BCUT2D eigenvalue weighted by Crippen LogP contribution is -2.05. The molecule has 0 aromatic rings. The Labute approximate surface area is 86.4 Å². The summed E-state index contributed by atoms with van der Waals surface area (Å²) in [6, 6.07) is 0. The summed E-state index contributed by atoms with van der Waals surface area (Å²) in [6.45, 7) is 5.94. The van der Waals surface area contributed by atoms with E-state index in [1.807, 2.05) is 0 Å². The van der Waals surface area contributed by atoms with Gasteiger partial charge in [0.15, 0.2) is 0 Å². The van der Waals surface area contributed by atoms with Gasteiger partial charge in [-0.25, -0.2) is 0 Å². The molecule has 80 valence electrons. The highest BCUT2D eigenvalue weighted by molar-refractivity contribution is 5.98. The zero-order valence-corrected chi connectivity index (χ0v) is 9.43. The molecule has 0 fully saturated rings. The quantitative estimate of drug-likeness (QED) is 0.463. The Balaban J connectivity index is 3.70. The van der Waals surface area contributed by atoms with Gasteiger partial charge >= 0.3 is 0 Å². The van der Waals surface area contributed by atoms with Crippen molar-refractivity contribution >= 4 is 11.6 Å². The Morgan fingerprint density at radius 1 is 1.07 bits per heavy atom. The number of hydrogen-bond donors (Lipinski definition) is 0. The molecule has 0 aromatic heterocycles. The van der Waals surface area contributed by atoms with Crippen LogP contribution in [0.4, 0.5) is 0 Å². The van der Waals surface area contributed by atoms with Crippen LogP contribution in [0.5, 0.6) is 0 Å². The fourth-order valence-electron chi connectivity index (χ4n) is 1.06. The maximum absolute atomic E-state index is 11.2. The smallest absolute Gasteiger partial charge is 0.140 e. The van der Waals surface area contributed by atoms with Gasteiger partial charge in [-0.15, -0.1) is 0 Å². The first-order valence-corrected chi connectivity index (χ1v) is 5.29. The van der Waals surface area contributed by atoms with Gasteiger partial charge in [-0.3, -0.25) is 9.59 Å². The largest absolute Gasteiger partial charge is 0.299 e. The van der Waals surface area contributed by atoms with Crippen molar-refractivity contribution in [3.05, 3.63) is 11.6 Å². The van der Waals surface area contributed by atoms with Gasteiger partial charge in [0, 0.05) is 12.8 Å². The van der Waals surface area contributed by atoms with E-state index in [4.69, 9.17) is 0 Å². The number of carbonyl (C=O) groups excluding carboxylic acids is 2. The Morgan fingerprint density at radius 3 is 2.21 bits per heavy atom. The fraction of sp³-hybridized carbons (Fsp3) is 0.667. The average molecular weight is 196 g/mol. The van der Waals surface area contributed by atoms with Gasteiger partial charge in [-0.1, -0.05) is 25.5 Å². The van der Waals surface area contributed by atoms with Crippen molar-refractivity contribution < 1.29 is 9.59 Å². The number of rotatable bonds is 7. The molecule has 0 amide bonds. The van der Waals surface area contributed by atoms with Gasteiger partial charge in [-0.2, -0.15) is 0 Å². The Kier molecular flexibility index (Phi) is 6.99. The molecule has 0 aliphatic carbocycles. The second-order valence-electron chi connectivity index (χ2n) is 3.55. The van der Waals surface area contributed by atoms with Crippen LogP contribution < -0.4 is 0 Å². The predicted molar refractivity (Wildman–Crippen MR) is 58.2 cm³/mol. The van der Waals surface area contributed by atoms with E-state index in [9.17, 15) is 9.59 Å². The van der Waals surface area contributed by atoms with Gasteiger partial charge in [0.25, 0.3) is 0 Å². The molecule has 0 N–H and O–H groups in total. The molecule has 0 bridgehead atoms. The molecule has 0 aliphatic rings. The lowest BCUT2D eigenvalue weighted by Gasteiger charge is -1.97. The topological polar surface area (TPSA) is 34.1 Å². The third-order valence-corrected chi connectivity index (χ3v) is 2.26. The maximum atomic E-state index is 11.2. The first-order valence-electron chi connectivity index (χ1n) is 5.29. The average Bonchev–Trinajstić information content (AvgIpc) is 2.17. The normalized spacial score (nSPS) is 11.5. The minimum atomic E-state index is 0.0474. The van der Waals surface area contributed by atoms with Gasteiger partial charge in [0.05, 0.1) is 6.42 Å². The summed E-state index contributed by atoms with van der Waals surface area (Å²) in [5.41, 5.74) is 1.31. The van der Waals surface area contributed by atoms with Crippen LogP contribution >= 0.6 is 0 Å². The van der Waals surface area contributed by atoms with E-state index in [1.54, 1.807) is 6.92 Å². The fourth-order valence-corrected chi connectivity index (χ4v) is 1.06. The number of carbonyl (C=O) groups is 2. The standard InChI is InChI=1S/C12H20O2/c1-4-10(3)7-6-8-12(14)9-11(13)5-2/h7H,4-6,8-9H2,1-3H3. The summed E-state index contributed by atoms with van der Waals surface area (Å²) < 4.78 is 0. The minimum absolute atomic E-state index is 0.0474. The molecule has 0 heterocycles. The number of allylic oxidation sites excluding steroid dienone is 2. The third-order valence-electron chi connectivity index (χ3n) is 2.26. The summed E-state index contributed by atoms with van der Waals surface area (Å²) in [6.07, 6.45) is 4.97. The highest BCUT2D eigenvalue weighted by atomic mass is 16.1. The van der Waals surface area contributed by atoms with E-state index in [1.165, 1.54) is 5.57 Å². The summed E-state index contributed by atoms with van der Waals surface area (Å²) in [5, 5.41) is 0. The molecule has 0 unspecified atom stereocenters. The zero-order chi connectivity index (χ0) is 11.0. The number of Topliss-reactive ketones (excluding diaryl/α,β-unsaturated/α-hetero) is 2. The van der Waals surface area contributed by atoms with E-state index in [2.05, 4.69) is 19.9 Å². The van der Waals surface area contributed by atoms with Gasteiger partial charge in [0.1, 0.15) is 11.6 Å². The van der Waals surface area contributed by atoms with Crippen LogP contribution in [0.2, 0.25) is 0 Å². The van der Waals surface area contributed by atoms with E-state index in [0.717, 1.165) is 12.8 Å². The number of hydrogen-bond acceptors (Lipinski definition) is 2. The maximum Gasteiger partial charge on any atom is 0.140 e. The van der Waals surface area contributed by atoms with Crippen LogP contribution in [0.3, 0.4) is 0 Å². The Hall–Kier alpha value is -0.920. The first kappa shape index (κ1) is 13.1. The zero-order valence-electron chi connectivity index (χ0n) is 9.43. The second kappa shape index (κ2) is 7.48. The molecule has 0 rings (SSSR count). The van der Waals surface area contributed by atoms with Crippen molar-refractivity contribution in [2.45, 2.75) is 52.9 Å². The molecule has 0 saturated heterocycles. The molecular formula is C12H20O2. The van der Waals surface area contributed by atoms with E-state index in [-0.39, 0.29) is 18.0 Å². The van der Waals surface area contributed by atoms with Crippen molar-refractivity contribution in [2.24, 2.45) is 0 Å². The Bertz CT molecular complexity index is 226. The molecule has 0 aliphatic heterocycles. The van der Waals surface area contributed by atoms with E-state index in [0.29, 0.717) is 12.8 Å². The molecule has 0 spiro atoms. The molecule has 2 heteroatoms. The summed E-state index contributed by atoms with van der Waals surface area (Å²) in [4.78, 5) is 22.2. The summed E-state index contributed by atoms with van der Waals surface area (Å²) in [5.74, 6) is 0.114. The van der Waals surface area contributed by atoms with Crippen molar-refractivity contribution in [3.8, 4) is 0 Å². The highest BCUT2D eigenvalue weighted by Crippen LogP contribution is 2.04. The first-order chi connectivity index (χ1) is 6.60. The second-order valence-corrected chi connectivity index (χ2v) is 3.55. The number of ketones is 2. The third kappa shape index (κ3) is 6.58. The van der Waals surface area contributed by atoms with E-state index < -0.39 is 0 Å². The summed E-state index contributed by atoms with van der Waals surface area (Å²) >= 11 is 0. The SMILES string of the molecule is CCC(=O)CC(=O)CCC=C(C)CC. The highest BCUT2D eigenvalue weighted by Gasteiger charge is 2.06. The molecule has 0 radical (unpaired) electrons. The van der Waals surface area contributed by atoms with Gasteiger partial charge in [0.2, 0.25) is 0 Å². The van der Waals surface area contributed by atoms with Crippen LogP contribution in [0.15, 0.2) is 11.6 Å². The van der Waals surface area contributed by atoms with Crippen molar-refractivity contribution in [1.29, 1.82) is 0 Å². The van der Waals surface area contributed by atoms with Crippen LogP contribution in [0.1, 0.15) is 52.9 Å². The van der Waals surface area contributed by atoms with Crippen LogP contribution in [0, 0.1) is 0 Å². The van der Waals surface area contributed by atoms with Gasteiger partial charge < -0.3 is 0 Å². The Morgan fingerprint density at radius 2 is 1.71 bits per heavy atom. The van der Waals surface area contributed by atoms with Crippen LogP contribution in [-0.4, -0.2) is 11.6 Å². The monoisotopic (exact) mass is 196 g/mol.